The lowest BCUT2D eigenvalue weighted by Gasteiger charge is -2.04. The number of anilines is 1. The third kappa shape index (κ3) is 2.27. The van der Waals surface area contributed by atoms with Gasteiger partial charge in [0.2, 0.25) is 0 Å². The van der Waals surface area contributed by atoms with Gasteiger partial charge in [0.1, 0.15) is 12.1 Å². The zero-order valence-corrected chi connectivity index (χ0v) is 10.6. The molecule has 0 bridgehead atoms. The summed E-state index contributed by atoms with van der Waals surface area (Å²) in [6.07, 6.45) is 2.51. The van der Waals surface area contributed by atoms with Crippen LogP contribution in [-0.2, 0) is 6.42 Å². The van der Waals surface area contributed by atoms with E-state index in [-0.39, 0.29) is 0 Å². The molecule has 0 radical (unpaired) electrons. The second kappa shape index (κ2) is 4.77. The Morgan fingerprint density at radius 2 is 2.24 bits per heavy atom. The lowest BCUT2D eigenvalue weighted by atomic mass is 10.3. The molecule has 0 amide bonds. The number of nitrogens with one attached hydrogen (secondary N) is 1. The van der Waals surface area contributed by atoms with Gasteiger partial charge >= 0.3 is 0 Å². The van der Waals surface area contributed by atoms with Gasteiger partial charge in [-0.25, -0.2) is 15.0 Å². The van der Waals surface area contributed by atoms with Crippen LogP contribution in [-0.4, -0.2) is 21.5 Å². The van der Waals surface area contributed by atoms with Gasteiger partial charge < -0.3 is 5.32 Å². The molecular formula is C11H10N4S2. The highest BCUT2D eigenvalue weighted by Gasteiger charge is 2.04. The van der Waals surface area contributed by atoms with Crippen LogP contribution in [0.25, 0.3) is 10.2 Å². The highest BCUT2D eigenvalue weighted by molar-refractivity contribution is 7.17. The van der Waals surface area contributed by atoms with E-state index in [1.807, 2.05) is 17.0 Å². The van der Waals surface area contributed by atoms with Crippen LogP contribution in [0.1, 0.15) is 5.69 Å². The van der Waals surface area contributed by atoms with Gasteiger partial charge in [0.15, 0.2) is 0 Å². The number of aromatic nitrogens is 3. The number of thiophene rings is 1. The molecule has 0 aromatic carbocycles. The molecule has 0 saturated heterocycles. The number of nitrogens with zero attached hydrogens (tertiary/aromatic N) is 3. The first-order chi connectivity index (χ1) is 8.43. The van der Waals surface area contributed by atoms with Crippen LogP contribution in [0.2, 0.25) is 0 Å². The summed E-state index contributed by atoms with van der Waals surface area (Å²) < 4.78 is 1.12. The molecule has 0 aliphatic heterocycles. The standard InChI is InChI=1S/C11H10N4S2/c1(8-5-16-7-15-8)3-12-11-10-9(2-4-17-10)13-6-14-11/h2,4-7H,1,3H2,(H,12,13,14). The van der Waals surface area contributed by atoms with Gasteiger partial charge in [-0.05, 0) is 11.4 Å². The van der Waals surface area contributed by atoms with E-state index in [4.69, 9.17) is 0 Å². The second-order valence-corrected chi connectivity index (χ2v) is 5.15. The van der Waals surface area contributed by atoms with Gasteiger partial charge in [-0.15, -0.1) is 22.7 Å². The Bertz CT molecular complexity index is 603. The first-order valence-corrected chi connectivity index (χ1v) is 7.05. The highest BCUT2D eigenvalue weighted by Crippen LogP contribution is 2.24. The SMILES string of the molecule is c1nc(NCCc2cscn2)c2sccc2n1. The fourth-order valence-corrected chi connectivity index (χ4v) is 2.99. The minimum absolute atomic E-state index is 0.841. The van der Waals surface area contributed by atoms with Crippen molar-refractivity contribution in [1.29, 1.82) is 0 Å². The van der Waals surface area contributed by atoms with Gasteiger partial charge in [-0.1, -0.05) is 0 Å². The summed E-state index contributed by atoms with van der Waals surface area (Å²) in [5.41, 5.74) is 3.98. The van der Waals surface area contributed by atoms with Crippen LogP contribution in [0.3, 0.4) is 0 Å². The maximum atomic E-state index is 4.27. The van der Waals surface area contributed by atoms with Gasteiger partial charge in [0, 0.05) is 18.3 Å². The average molecular weight is 262 g/mol. The molecule has 4 nitrogen and oxygen atoms in total. The first kappa shape index (κ1) is 10.6. The Balaban J connectivity index is 1.70. The van der Waals surface area contributed by atoms with E-state index in [1.54, 1.807) is 29.0 Å². The number of hydrogen-bond donors (Lipinski definition) is 1. The Labute approximate surface area is 106 Å². The van der Waals surface area contributed by atoms with Crippen molar-refractivity contribution < 1.29 is 0 Å². The quantitative estimate of drug-likeness (QED) is 0.785. The van der Waals surface area contributed by atoms with Crippen LogP contribution in [0.15, 0.2) is 28.7 Å². The van der Waals surface area contributed by atoms with E-state index in [0.717, 1.165) is 34.7 Å². The molecule has 6 heteroatoms. The molecule has 3 heterocycles. The monoisotopic (exact) mass is 262 g/mol. The predicted molar refractivity (Wildman–Crippen MR) is 71.7 cm³/mol. The van der Waals surface area contributed by atoms with Crippen molar-refractivity contribution in [2.75, 3.05) is 11.9 Å². The Kier molecular flexibility index (Phi) is 2.98. The molecule has 0 atom stereocenters. The molecule has 0 aliphatic carbocycles. The van der Waals surface area contributed by atoms with Crippen LogP contribution in [0, 0.1) is 0 Å². The maximum Gasteiger partial charge on any atom is 0.147 e. The van der Waals surface area contributed by atoms with Crippen LogP contribution >= 0.6 is 22.7 Å². The number of rotatable bonds is 4. The van der Waals surface area contributed by atoms with Crippen molar-refractivity contribution in [1.82, 2.24) is 15.0 Å². The van der Waals surface area contributed by atoms with Crippen molar-refractivity contribution in [3.05, 3.63) is 34.4 Å². The Hall–Kier alpha value is -1.53. The number of fused-ring (bicyclic) bond motifs is 1. The minimum Gasteiger partial charge on any atom is -0.368 e. The van der Waals surface area contributed by atoms with Gasteiger partial charge in [0.05, 0.1) is 21.4 Å². The third-order valence-electron chi connectivity index (χ3n) is 2.40. The maximum absolute atomic E-state index is 4.27. The Morgan fingerprint density at radius 3 is 3.12 bits per heavy atom. The lowest BCUT2D eigenvalue weighted by molar-refractivity contribution is 0.969. The van der Waals surface area contributed by atoms with E-state index < -0.39 is 0 Å². The summed E-state index contributed by atoms with van der Waals surface area (Å²) >= 11 is 3.29. The van der Waals surface area contributed by atoms with Crippen LogP contribution in [0.4, 0.5) is 5.82 Å². The molecule has 86 valence electrons. The Morgan fingerprint density at radius 1 is 1.24 bits per heavy atom. The summed E-state index contributed by atoms with van der Waals surface area (Å²) in [6.45, 7) is 0.841. The summed E-state index contributed by atoms with van der Waals surface area (Å²) in [6, 6.07) is 2.01. The zero-order valence-electron chi connectivity index (χ0n) is 8.96. The van der Waals surface area contributed by atoms with E-state index in [9.17, 15) is 0 Å². The average Bonchev–Trinajstić information content (AvgIpc) is 2.99. The topological polar surface area (TPSA) is 50.7 Å². The van der Waals surface area contributed by atoms with Crippen molar-refractivity contribution >= 4 is 38.7 Å². The molecule has 17 heavy (non-hydrogen) atoms. The molecule has 0 saturated carbocycles. The summed E-state index contributed by atoms with van der Waals surface area (Å²) in [5.74, 6) is 0.917. The summed E-state index contributed by atoms with van der Waals surface area (Å²) in [5, 5.41) is 7.44. The predicted octanol–water partition coefficient (Wildman–Crippen LogP) is 2.80. The molecule has 1 N–H and O–H groups in total. The normalized spacial score (nSPS) is 10.8. The summed E-state index contributed by atoms with van der Waals surface area (Å²) in [4.78, 5) is 12.7. The lowest BCUT2D eigenvalue weighted by Crippen LogP contribution is -2.06. The van der Waals surface area contributed by atoms with E-state index in [2.05, 4.69) is 25.6 Å². The van der Waals surface area contributed by atoms with Crippen molar-refractivity contribution in [2.45, 2.75) is 6.42 Å². The highest BCUT2D eigenvalue weighted by atomic mass is 32.1. The smallest absolute Gasteiger partial charge is 0.147 e. The van der Waals surface area contributed by atoms with Crippen LogP contribution in [0.5, 0.6) is 0 Å². The molecule has 0 aliphatic rings. The molecule has 3 aromatic heterocycles. The molecule has 3 aromatic rings. The van der Waals surface area contributed by atoms with Crippen molar-refractivity contribution in [2.24, 2.45) is 0 Å². The third-order valence-corrected chi connectivity index (χ3v) is 3.95. The minimum atomic E-state index is 0.841. The van der Waals surface area contributed by atoms with Crippen LogP contribution < -0.4 is 5.32 Å². The fraction of sp³-hybridized carbons (Fsp3) is 0.182. The zero-order chi connectivity index (χ0) is 11.5. The molecule has 3 rings (SSSR count). The number of hydrogen-bond acceptors (Lipinski definition) is 6. The molecule has 0 spiro atoms. The van der Waals surface area contributed by atoms with Gasteiger partial charge in [0.25, 0.3) is 0 Å². The number of thiazole rings is 1. The van der Waals surface area contributed by atoms with Gasteiger partial charge in [-0.3, -0.25) is 0 Å². The van der Waals surface area contributed by atoms with E-state index in [1.165, 1.54) is 0 Å². The van der Waals surface area contributed by atoms with Crippen molar-refractivity contribution in [3.63, 3.8) is 0 Å². The summed E-state index contributed by atoms with van der Waals surface area (Å²) in [7, 11) is 0. The van der Waals surface area contributed by atoms with E-state index >= 15 is 0 Å². The molecule has 0 unspecified atom stereocenters. The molecular weight excluding hydrogens is 252 g/mol. The van der Waals surface area contributed by atoms with Crippen molar-refractivity contribution in [3.8, 4) is 0 Å². The van der Waals surface area contributed by atoms with E-state index in [0.29, 0.717) is 0 Å². The van der Waals surface area contributed by atoms with Gasteiger partial charge in [-0.2, -0.15) is 0 Å². The first-order valence-electron chi connectivity index (χ1n) is 5.22. The largest absolute Gasteiger partial charge is 0.368 e. The second-order valence-electron chi connectivity index (χ2n) is 3.51. The fourth-order valence-electron chi connectivity index (χ4n) is 1.58. The molecule has 0 fully saturated rings.